The number of likely N-dealkylation sites (tertiary alicyclic amines) is 1. The Morgan fingerprint density at radius 2 is 1.52 bits per heavy atom. The van der Waals surface area contributed by atoms with Crippen LogP contribution in [0.2, 0.25) is 0 Å². The molecule has 1 aromatic heterocycles. The van der Waals surface area contributed by atoms with Crippen LogP contribution in [0.3, 0.4) is 0 Å². The molecule has 2 aliphatic heterocycles. The van der Waals surface area contributed by atoms with Gasteiger partial charge in [-0.15, -0.1) is 0 Å². The molecule has 3 aromatic carbocycles. The predicted molar refractivity (Wildman–Crippen MR) is 180 cm³/mol. The molecule has 0 spiro atoms. The van der Waals surface area contributed by atoms with E-state index in [-0.39, 0.29) is 23.6 Å². The monoisotopic (exact) mass is 616 g/mol. The normalized spacial score (nSPS) is 15.0. The van der Waals surface area contributed by atoms with E-state index in [1.165, 1.54) is 12.8 Å². The minimum atomic E-state index is -0.364. The highest BCUT2D eigenvalue weighted by Gasteiger charge is 2.27. The van der Waals surface area contributed by atoms with Gasteiger partial charge in [-0.25, -0.2) is 0 Å². The average molecular weight is 617 g/mol. The number of nitrogens with one attached hydrogen (secondary N) is 5. The van der Waals surface area contributed by atoms with Crippen molar-refractivity contribution in [3.05, 3.63) is 112 Å². The van der Waals surface area contributed by atoms with Crippen molar-refractivity contribution in [3.8, 4) is 0 Å². The number of carbonyl (C=O) groups excluding carboxylic acids is 4. The number of benzene rings is 3. The number of H-pyrrole nitrogens is 1. The summed E-state index contributed by atoms with van der Waals surface area (Å²) in [6.45, 7) is 7.30. The molecule has 2 aliphatic rings. The first-order chi connectivity index (χ1) is 22.3. The molecule has 0 bridgehead atoms. The Balaban J connectivity index is 1.13. The first kappa shape index (κ1) is 30.5. The minimum Gasteiger partial charge on any atom is -0.358 e. The van der Waals surface area contributed by atoms with E-state index < -0.39 is 0 Å². The molecule has 3 heterocycles. The summed E-state index contributed by atoms with van der Waals surface area (Å²) in [5.41, 5.74) is 6.33. The second-order valence-corrected chi connectivity index (χ2v) is 11.6. The third-order valence-electron chi connectivity index (χ3n) is 8.38. The van der Waals surface area contributed by atoms with Gasteiger partial charge in [-0.3, -0.25) is 19.2 Å². The highest BCUT2D eigenvalue weighted by molar-refractivity contribution is 6.35. The molecular formula is C36H36N6O4. The minimum absolute atomic E-state index is 0.133. The zero-order chi connectivity index (χ0) is 32.2. The summed E-state index contributed by atoms with van der Waals surface area (Å²) in [7, 11) is 0. The molecule has 4 amide bonds. The molecule has 0 atom stereocenters. The lowest BCUT2D eigenvalue weighted by atomic mass is 10.0. The highest BCUT2D eigenvalue weighted by Crippen LogP contribution is 2.35. The lowest BCUT2D eigenvalue weighted by Gasteiger charge is -2.14. The van der Waals surface area contributed by atoms with E-state index in [1.807, 2.05) is 19.9 Å². The van der Waals surface area contributed by atoms with Crippen LogP contribution in [0.1, 0.15) is 66.4 Å². The van der Waals surface area contributed by atoms with E-state index >= 15 is 0 Å². The van der Waals surface area contributed by atoms with Crippen LogP contribution in [0.4, 0.5) is 17.1 Å². The Morgan fingerprint density at radius 1 is 0.826 bits per heavy atom. The fraction of sp³-hybridized carbons (Fsp3) is 0.222. The van der Waals surface area contributed by atoms with Crippen LogP contribution in [-0.4, -0.2) is 59.7 Å². The van der Waals surface area contributed by atoms with Crippen molar-refractivity contribution >= 4 is 52.3 Å². The van der Waals surface area contributed by atoms with Crippen LogP contribution >= 0.6 is 0 Å². The van der Waals surface area contributed by atoms with Crippen molar-refractivity contribution in [1.82, 2.24) is 15.2 Å². The molecule has 46 heavy (non-hydrogen) atoms. The number of fused-ring (bicyclic) bond motifs is 1. The van der Waals surface area contributed by atoms with E-state index in [9.17, 15) is 19.2 Å². The van der Waals surface area contributed by atoms with Gasteiger partial charge in [0.05, 0.1) is 11.1 Å². The number of aryl methyl sites for hydroxylation is 1. The number of nitrogens with zero attached hydrogens (tertiary/aromatic N) is 1. The first-order valence-corrected chi connectivity index (χ1v) is 15.4. The van der Waals surface area contributed by atoms with Gasteiger partial charge in [0.2, 0.25) is 0 Å². The number of amides is 4. The van der Waals surface area contributed by atoms with E-state index in [0.29, 0.717) is 57.1 Å². The lowest BCUT2D eigenvalue weighted by Crippen LogP contribution is -2.33. The van der Waals surface area contributed by atoms with Crippen LogP contribution in [0.5, 0.6) is 0 Å². The highest BCUT2D eigenvalue weighted by atomic mass is 16.2. The fourth-order valence-corrected chi connectivity index (χ4v) is 5.98. The molecule has 0 saturated carbocycles. The molecule has 0 unspecified atom stereocenters. The lowest BCUT2D eigenvalue weighted by molar-refractivity contribution is -0.110. The Morgan fingerprint density at radius 3 is 2.24 bits per heavy atom. The molecule has 234 valence electrons. The standard InChI is InChI=1S/C36H36N6O4/c1-22-30(38-23(2)32(22)36(46)37-15-18-42-16-6-7-17-42)21-29-28-14-13-25(19-31(28)41-35(29)45)34(44)40-27-12-8-11-26(20-27)39-33(43)24-9-4-3-5-10-24/h3-5,8-14,19-21,38H,6-7,15-18H2,1-2H3,(H,37,46)(H,39,43)(H,40,44)(H,41,45)/b29-21-. The SMILES string of the molecule is Cc1[nH]c(/C=C2\C(=O)Nc3cc(C(=O)Nc4cccc(NC(=O)c5ccccc5)c4)ccc32)c(C)c1C(=O)NCCN1CCCC1. The maximum atomic E-state index is 13.2. The summed E-state index contributed by atoms with van der Waals surface area (Å²) < 4.78 is 0. The number of hydrogen-bond donors (Lipinski definition) is 5. The molecular weight excluding hydrogens is 580 g/mol. The van der Waals surface area contributed by atoms with Gasteiger partial charge in [-0.1, -0.05) is 30.3 Å². The van der Waals surface area contributed by atoms with Gasteiger partial charge in [-0.05, 0) is 93.9 Å². The summed E-state index contributed by atoms with van der Waals surface area (Å²) in [6, 6.07) is 20.8. The van der Waals surface area contributed by atoms with E-state index in [4.69, 9.17) is 0 Å². The third-order valence-corrected chi connectivity index (χ3v) is 8.38. The average Bonchev–Trinajstić information content (AvgIpc) is 3.75. The topological polar surface area (TPSA) is 135 Å². The van der Waals surface area contributed by atoms with Crippen molar-refractivity contribution in [2.75, 3.05) is 42.1 Å². The zero-order valence-corrected chi connectivity index (χ0v) is 25.8. The second kappa shape index (κ2) is 13.3. The molecule has 0 radical (unpaired) electrons. The Bertz CT molecular complexity index is 1850. The van der Waals surface area contributed by atoms with Crippen molar-refractivity contribution in [3.63, 3.8) is 0 Å². The summed E-state index contributed by atoms with van der Waals surface area (Å²) in [5.74, 6) is -1.04. The molecule has 1 fully saturated rings. The van der Waals surface area contributed by atoms with Crippen LogP contribution in [0.15, 0.2) is 72.8 Å². The van der Waals surface area contributed by atoms with Crippen molar-refractivity contribution < 1.29 is 19.2 Å². The van der Waals surface area contributed by atoms with Crippen LogP contribution in [0, 0.1) is 13.8 Å². The molecule has 10 nitrogen and oxygen atoms in total. The number of carbonyl (C=O) groups is 4. The smallest absolute Gasteiger partial charge is 0.256 e. The first-order valence-electron chi connectivity index (χ1n) is 15.4. The number of aromatic nitrogens is 1. The second-order valence-electron chi connectivity index (χ2n) is 11.6. The van der Waals surface area contributed by atoms with E-state index in [0.717, 1.165) is 30.9 Å². The predicted octanol–water partition coefficient (Wildman–Crippen LogP) is 5.45. The van der Waals surface area contributed by atoms with Gasteiger partial charge in [-0.2, -0.15) is 0 Å². The van der Waals surface area contributed by atoms with Gasteiger partial charge >= 0.3 is 0 Å². The number of aromatic amines is 1. The zero-order valence-electron chi connectivity index (χ0n) is 25.8. The summed E-state index contributed by atoms with van der Waals surface area (Å²) in [5, 5.41) is 11.6. The Kier molecular flexibility index (Phi) is 8.80. The number of hydrogen-bond acceptors (Lipinski definition) is 5. The number of anilines is 3. The van der Waals surface area contributed by atoms with Gasteiger partial charge in [0.15, 0.2) is 0 Å². The van der Waals surface area contributed by atoms with Crippen molar-refractivity contribution in [1.29, 1.82) is 0 Å². The third kappa shape index (κ3) is 6.62. The Labute approximate surface area is 267 Å². The maximum Gasteiger partial charge on any atom is 0.256 e. The molecule has 10 heteroatoms. The molecule has 0 aliphatic carbocycles. The van der Waals surface area contributed by atoms with E-state index in [1.54, 1.807) is 72.8 Å². The van der Waals surface area contributed by atoms with Crippen molar-refractivity contribution in [2.24, 2.45) is 0 Å². The Hall–Kier alpha value is -5.48. The maximum absolute atomic E-state index is 13.2. The quantitative estimate of drug-likeness (QED) is 0.159. The van der Waals surface area contributed by atoms with Crippen LogP contribution in [0.25, 0.3) is 11.6 Å². The molecule has 6 rings (SSSR count). The van der Waals surface area contributed by atoms with Gasteiger partial charge in [0.1, 0.15) is 0 Å². The van der Waals surface area contributed by atoms with Crippen LogP contribution in [-0.2, 0) is 4.79 Å². The summed E-state index contributed by atoms with van der Waals surface area (Å²) in [4.78, 5) is 57.4. The fourth-order valence-electron chi connectivity index (χ4n) is 5.98. The molecule has 5 N–H and O–H groups in total. The molecule has 1 saturated heterocycles. The van der Waals surface area contributed by atoms with Gasteiger partial charge in [0, 0.05) is 58.2 Å². The van der Waals surface area contributed by atoms with Crippen molar-refractivity contribution in [2.45, 2.75) is 26.7 Å². The summed E-state index contributed by atoms with van der Waals surface area (Å²) >= 11 is 0. The largest absolute Gasteiger partial charge is 0.358 e. The number of rotatable bonds is 9. The summed E-state index contributed by atoms with van der Waals surface area (Å²) in [6.07, 6.45) is 4.17. The van der Waals surface area contributed by atoms with E-state index in [2.05, 4.69) is 31.2 Å². The molecule has 4 aromatic rings. The van der Waals surface area contributed by atoms with Crippen LogP contribution < -0.4 is 21.3 Å². The van der Waals surface area contributed by atoms with Gasteiger partial charge < -0.3 is 31.2 Å². The van der Waals surface area contributed by atoms with Gasteiger partial charge in [0.25, 0.3) is 23.6 Å².